The van der Waals surface area contributed by atoms with Gasteiger partial charge in [-0.05, 0) is 50.3 Å². The molecule has 2 heterocycles. The number of benzene rings is 1. The number of carbonyl (C=O) groups is 1. The van der Waals surface area contributed by atoms with Gasteiger partial charge < -0.3 is 25.0 Å². The quantitative estimate of drug-likeness (QED) is 0.753. The molecule has 6 nitrogen and oxygen atoms in total. The molecule has 1 aromatic carbocycles. The fourth-order valence-corrected chi connectivity index (χ4v) is 3.73. The van der Waals surface area contributed by atoms with Crippen molar-refractivity contribution in [3.63, 3.8) is 0 Å². The van der Waals surface area contributed by atoms with Crippen LogP contribution in [0, 0.1) is 0 Å². The minimum Gasteiger partial charge on any atom is -0.496 e. The Kier molecular flexibility index (Phi) is 5.48. The molecule has 0 saturated carbocycles. The van der Waals surface area contributed by atoms with Gasteiger partial charge in [0.25, 0.3) is 0 Å². The number of rotatable bonds is 6. The van der Waals surface area contributed by atoms with Gasteiger partial charge in [-0.15, -0.1) is 0 Å². The Labute approximate surface area is 148 Å². The zero-order chi connectivity index (χ0) is 17.8. The van der Waals surface area contributed by atoms with Gasteiger partial charge in [-0.1, -0.05) is 6.07 Å². The molecule has 0 radical (unpaired) electrons. The van der Waals surface area contributed by atoms with Crippen molar-refractivity contribution >= 4 is 16.9 Å². The van der Waals surface area contributed by atoms with Crippen LogP contribution in [-0.4, -0.2) is 53.4 Å². The van der Waals surface area contributed by atoms with Crippen LogP contribution in [0.15, 0.2) is 24.4 Å². The summed E-state index contributed by atoms with van der Waals surface area (Å²) in [6.07, 6.45) is 4.96. The molecule has 2 atom stereocenters. The normalized spacial score (nSPS) is 18.5. The molecule has 0 bridgehead atoms. The highest BCUT2D eigenvalue weighted by molar-refractivity contribution is 5.89. The van der Waals surface area contributed by atoms with E-state index in [0.717, 1.165) is 48.0 Å². The number of hydrogen-bond donors (Lipinski definition) is 3. The van der Waals surface area contributed by atoms with Crippen molar-refractivity contribution in [2.45, 2.75) is 44.8 Å². The van der Waals surface area contributed by atoms with Crippen LogP contribution in [0.25, 0.3) is 10.9 Å². The summed E-state index contributed by atoms with van der Waals surface area (Å²) in [6, 6.07) is 6.04. The third kappa shape index (κ3) is 3.90. The van der Waals surface area contributed by atoms with E-state index in [2.05, 4.69) is 10.3 Å². The van der Waals surface area contributed by atoms with Crippen LogP contribution in [0.2, 0.25) is 0 Å². The number of urea groups is 1. The number of aliphatic hydroxyl groups excluding tert-OH is 1. The number of hydrogen-bond acceptors (Lipinski definition) is 3. The second-order valence-corrected chi connectivity index (χ2v) is 6.75. The summed E-state index contributed by atoms with van der Waals surface area (Å²) < 4.78 is 5.45. The first kappa shape index (κ1) is 17.6. The number of aromatic amines is 1. The van der Waals surface area contributed by atoms with Gasteiger partial charge in [0.1, 0.15) is 5.75 Å². The third-order valence-corrected chi connectivity index (χ3v) is 4.89. The number of carbonyl (C=O) groups excluding carboxylic acids is 1. The number of amides is 2. The van der Waals surface area contributed by atoms with Crippen LogP contribution < -0.4 is 10.1 Å². The number of aliphatic hydroxyl groups is 1. The Morgan fingerprint density at radius 2 is 2.36 bits per heavy atom. The first-order chi connectivity index (χ1) is 12.1. The van der Waals surface area contributed by atoms with E-state index in [1.807, 2.05) is 29.3 Å². The second kappa shape index (κ2) is 7.78. The van der Waals surface area contributed by atoms with E-state index in [1.165, 1.54) is 0 Å². The van der Waals surface area contributed by atoms with E-state index in [4.69, 9.17) is 4.74 Å². The van der Waals surface area contributed by atoms with Gasteiger partial charge >= 0.3 is 6.03 Å². The minimum absolute atomic E-state index is 0.0324. The van der Waals surface area contributed by atoms with Gasteiger partial charge in [-0.3, -0.25) is 0 Å². The molecule has 25 heavy (non-hydrogen) atoms. The molecule has 1 aliphatic rings. The number of nitrogens with one attached hydrogen (secondary N) is 2. The number of ether oxygens (including phenoxy) is 1. The van der Waals surface area contributed by atoms with Crippen molar-refractivity contribution in [3.8, 4) is 5.75 Å². The summed E-state index contributed by atoms with van der Waals surface area (Å²) in [4.78, 5) is 17.6. The van der Waals surface area contributed by atoms with Crippen LogP contribution in [-0.2, 0) is 6.42 Å². The lowest BCUT2D eigenvalue weighted by atomic mass is 10.1. The highest BCUT2D eigenvalue weighted by atomic mass is 16.5. The van der Waals surface area contributed by atoms with E-state index in [0.29, 0.717) is 13.0 Å². The molecule has 1 fully saturated rings. The summed E-state index contributed by atoms with van der Waals surface area (Å²) in [5, 5.41) is 13.7. The highest BCUT2D eigenvalue weighted by Gasteiger charge is 2.29. The van der Waals surface area contributed by atoms with Crippen molar-refractivity contribution in [3.05, 3.63) is 30.0 Å². The first-order valence-corrected chi connectivity index (χ1v) is 8.95. The van der Waals surface area contributed by atoms with Gasteiger partial charge in [0, 0.05) is 36.2 Å². The minimum atomic E-state index is -0.378. The Hall–Kier alpha value is -2.21. The summed E-state index contributed by atoms with van der Waals surface area (Å²) in [5.41, 5.74) is 2.17. The second-order valence-electron chi connectivity index (χ2n) is 6.75. The van der Waals surface area contributed by atoms with Crippen molar-refractivity contribution in [2.75, 3.05) is 20.2 Å². The summed E-state index contributed by atoms with van der Waals surface area (Å²) >= 11 is 0. The number of H-pyrrole nitrogens is 1. The fraction of sp³-hybridized carbons (Fsp3) is 0.526. The average Bonchev–Trinajstić information content (AvgIpc) is 3.21. The molecule has 136 valence electrons. The topological polar surface area (TPSA) is 77.6 Å². The maximum absolute atomic E-state index is 12.5. The Morgan fingerprint density at radius 1 is 1.52 bits per heavy atom. The Balaban J connectivity index is 1.59. The highest BCUT2D eigenvalue weighted by Crippen LogP contribution is 2.28. The van der Waals surface area contributed by atoms with Crippen molar-refractivity contribution in [2.24, 2.45) is 0 Å². The SMILES string of the molecule is COc1cccc2[nH]cc(CCNC(=O)N3CCC[C@H]3C[C@H](C)O)c12. The van der Waals surface area contributed by atoms with Crippen molar-refractivity contribution in [1.29, 1.82) is 0 Å². The molecule has 1 aliphatic heterocycles. The van der Waals surface area contributed by atoms with E-state index in [-0.39, 0.29) is 18.2 Å². The number of likely N-dealkylation sites (tertiary alicyclic amines) is 1. The van der Waals surface area contributed by atoms with Crippen LogP contribution in [0.5, 0.6) is 5.75 Å². The molecule has 0 aliphatic carbocycles. The zero-order valence-electron chi connectivity index (χ0n) is 14.9. The monoisotopic (exact) mass is 345 g/mol. The van der Waals surface area contributed by atoms with Crippen LogP contribution in [0.3, 0.4) is 0 Å². The van der Waals surface area contributed by atoms with E-state index in [9.17, 15) is 9.90 Å². The smallest absolute Gasteiger partial charge is 0.317 e. The lowest BCUT2D eigenvalue weighted by molar-refractivity contribution is 0.138. The Bertz CT molecular complexity index is 726. The molecule has 2 aromatic rings. The lowest BCUT2D eigenvalue weighted by Gasteiger charge is -2.26. The van der Waals surface area contributed by atoms with Gasteiger partial charge in [-0.2, -0.15) is 0 Å². The summed E-state index contributed by atoms with van der Waals surface area (Å²) in [7, 11) is 1.67. The van der Waals surface area contributed by atoms with Crippen LogP contribution in [0.4, 0.5) is 4.79 Å². The maximum Gasteiger partial charge on any atom is 0.317 e. The lowest BCUT2D eigenvalue weighted by Crippen LogP contribution is -2.44. The predicted molar refractivity (Wildman–Crippen MR) is 98.0 cm³/mol. The van der Waals surface area contributed by atoms with Gasteiger partial charge in [0.15, 0.2) is 0 Å². The van der Waals surface area contributed by atoms with E-state index in [1.54, 1.807) is 14.0 Å². The molecular formula is C19H27N3O3. The molecule has 2 amide bonds. The van der Waals surface area contributed by atoms with Crippen molar-refractivity contribution in [1.82, 2.24) is 15.2 Å². The fourth-order valence-electron chi connectivity index (χ4n) is 3.73. The van der Waals surface area contributed by atoms with Gasteiger partial charge in [0.05, 0.1) is 13.2 Å². The molecule has 0 unspecified atom stereocenters. The third-order valence-electron chi connectivity index (χ3n) is 4.89. The zero-order valence-corrected chi connectivity index (χ0v) is 14.9. The number of aromatic nitrogens is 1. The number of methoxy groups -OCH3 is 1. The maximum atomic E-state index is 12.5. The van der Waals surface area contributed by atoms with Gasteiger partial charge in [-0.25, -0.2) is 4.79 Å². The van der Waals surface area contributed by atoms with Crippen molar-refractivity contribution < 1.29 is 14.6 Å². The molecule has 3 N–H and O–H groups in total. The number of fused-ring (bicyclic) bond motifs is 1. The average molecular weight is 345 g/mol. The standard InChI is InChI=1S/C19H27N3O3/c1-13(23)11-15-5-4-10-22(15)19(24)20-9-8-14-12-21-16-6-3-7-17(25-2)18(14)16/h3,6-7,12-13,15,21,23H,4-5,8-11H2,1-2H3,(H,20,24)/t13-,15-/m0/s1. The molecule has 6 heteroatoms. The molecule has 0 spiro atoms. The molecule has 3 rings (SSSR count). The molecular weight excluding hydrogens is 318 g/mol. The largest absolute Gasteiger partial charge is 0.496 e. The first-order valence-electron chi connectivity index (χ1n) is 8.95. The predicted octanol–water partition coefficient (Wildman–Crippen LogP) is 2.66. The van der Waals surface area contributed by atoms with Crippen LogP contribution in [0.1, 0.15) is 31.7 Å². The summed E-state index contributed by atoms with van der Waals surface area (Å²) in [6.45, 7) is 3.12. The number of nitrogens with zero attached hydrogens (tertiary/aromatic N) is 1. The van der Waals surface area contributed by atoms with E-state index < -0.39 is 0 Å². The molecule has 1 aromatic heterocycles. The summed E-state index contributed by atoms with van der Waals surface area (Å²) in [5.74, 6) is 0.844. The van der Waals surface area contributed by atoms with E-state index >= 15 is 0 Å². The van der Waals surface area contributed by atoms with Crippen LogP contribution >= 0.6 is 0 Å². The Morgan fingerprint density at radius 3 is 3.12 bits per heavy atom. The molecule has 1 saturated heterocycles. The van der Waals surface area contributed by atoms with Gasteiger partial charge in [0.2, 0.25) is 0 Å².